The summed E-state index contributed by atoms with van der Waals surface area (Å²) in [5.74, 6) is 0.493. The Morgan fingerprint density at radius 2 is 2.11 bits per heavy atom. The molecule has 0 unspecified atom stereocenters. The van der Waals surface area contributed by atoms with Crippen LogP contribution in [0.2, 0.25) is 0 Å². The molecule has 0 spiro atoms. The number of hydrogen-bond acceptors (Lipinski definition) is 5. The van der Waals surface area contributed by atoms with Crippen LogP contribution in [0.5, 0.6) is 5.75 Å². The van der Waals surface area contributed by atoms with Crippen LogP contribution in [0.25, 0.3) is 5.70 Å². The van der Waals surface area contributed by atoms with Crippen LogP contribution in [0.1, 0.15) is 37.8 Å². The molecular formula is C18H22N4O4S. The molecule has 0 atom stereocenters. The number of nitro groups is 1. The minimum Gasteiger partial charge on any atom is -0.481 e. The van der Waals surface area contributed by atoms with Crippen molar-refractivity contribution in [3.8, 4) is 5.75 Å². The lowest BCUT2D eigenvalue weighted by Crippen LogP contribution is -2.48. The lowest BCUT2D eigenvalue weighted by molar-refractivity contribution is -0.385. The number of amides is 1. The van der Waals surface area contributed by atoms with Gasteiger partial charge in [-0.25, -0.2) is 0 Å². The molecule has 1 aromatic carbocycles. The number of thiocarbonyl (C=S) groups is 1. The zero-order valence-corrected chi connectivity index (χ0v) is 16.5. The molecule has 3 rings (SSSR count). The van der Waals surface area contributed by atoms with Gasteiger partial charge < -0.3 is 20.3 Å². The first-order chi connectivity index (χ1) is 12.7. The van der Waals surface area contributed by atoms with Crippen molar-refractivity contribution in [3.05, 3.63) is 39.1 Å². The normalized spacial score (nSPS) is 18.1. The molecule has 2 aliphatic heterocycles. The average Bonchev–Trinajstić information content (AvgIpc) is 3.01. The van der Waals surface area contributed by atoms with Gasteiger partial charge in [0.1, 0.15) is 11.4 Å². The fourth-order valence-electron chi connectivity index (χ4n) is 3.53. The Morgan fingerprint density at radius 1 is 1.41 bits per heavy atom. The van der Waals surface area contributed by atoms with Crippen molar-refractivity contribution < 1.29 is 14.5 Å². The quantitative estimate of drug-likeness (QED) is 0.465. The maximum absolute atomic E-state index is 12.6. The Kier molecular flexibility index (Phi) is 4.81. The first-order valence-corrected chi connectivity index (χ1v) is 9.09. The predicted molar refractivity (Wildman–Crippen MR) is 105 cm³/mol. The number of nitro benzene ring substituents is 1. The first kappa shape index (κ1) is 19.1. The van der Waals surface area contributed by atoms with Crippen molar-refractivity contribution >= 4 is 34.6 Å². The summed E-state index contributed by atoms with van der Waals surface area (Å²) in [4.78, 5) is 25.3. The number of nitrogens with zero attached hydrogens (tertiary/aromatic N) is 2. The summed E-state index contributed by atoms with van der Waals surface area (Å²) in [5, 5.41) is 17.8. The molecule has 2 aliphatic rings. The van der Waals surface area contributed by atoms with Gasteiger partial charge in [0, 0.05) is 31.6 Å². The topological polar surface area (TPSA) is 96.7 Å². The van der Waals surface area contributed by atoms with Crippen molar-refractivity contribution in [3.63, 3.8) is 0 Å². The van der Waals surface area contributed by atoms with E-state index in [1.165, 1.54) is 6.07 Å². The number of benzene rings is 1. The van der Waals surface area contributed by atoms with Gasteiger partial charge >= 0.3 is 0 Å². The van der Waals surface area contributed by atoms with Crippen LogP contribution in [0.4, 0.5) is 5.69 Å². The second-order valence-corrected chi connectivity index (χ2v) is 7.44. The maximum Gasteiger partial charge on any atom is 0.273 e. The smallest absolute Gasteiger partial charge is 0.273 e. The number of likely N-dealkylation sites (tertiary alicyclic amines) is 1. The molecule has 1 aromatic rings. The van der Waals surface area contributed by atoms with Gasteiger partial charge in [-0.3, -0.25) is 14.9 Å². The zero-order valence-electron chi connectivity index (χ0n) is 15.7. The predicted octanol–water partition coefficient (Wildman–Crippen LogP) is 2.46. The second-order valence-electron chi connectivity index (χ2n) is 7.03. The fourth-order valence-corrected chi connectivity index (χ4v) is 3.63. The molecule has 0 radical (unpaired) electrons. The first-order valence-electron chi connectivity index (χ1n) is 8.68. The van der Waals surface area contributed by atoms with Crippen molar-refractivity contribution in [1.29, 1.82) is 0 Å². The van der Waals surface area contributed by atoms with E-state index in [0.717, 1.165) is 6.42 Å². The van der Waals surface area contributed by atoms with Crippen molar-refractivity contribution in [1.82, 2.24) is 15.5 Å². The summed E-state index contributed by atoms with van der Waals surface area (Å²) in [6, 6.07) is 3.03. The highest BCUT2D eigenvalue weighted by Gasteiger charge is 2.42. The van der Waals surface area contributed by atoms with Gasteiger partial charge in [-0.15, -0.1) is 0 Å². The van der Waals surface area contributed by atoms with Crippen LogP contribution in [0.3, 0.4) is 0 Å². The Morgan fingerprint density at radius 3 is 2.67 bits per heavy atom. The van der Waals surface area contributed by atoms with E-state index in [-0.39, 0.29) is 11.6 Å². The van der Waals surface area contributed by atoms with Gasteiger partial charge in [-0.05, 0) is 45.5 Å². The Hall–Kier alpha value is -2.68. The third kappa shape index (κ3) is 3.23. The van der Waals surface area contributed by atoms with Crippen LogP contribution < -0.4 is 15.4 Å². The van der Waals surface area contributed by atoms with Gasteiger partial charge in [0.15, 0.2) is 5.11 Å². The summed E-state index contributed by atoms with van der Waals surface area (Å²) in [5.41, 5.74) is 1.39. The van der Waals surface area contributed by atoms with E-state index in [1.807, 2.05) is 13.8 Å². The van der Waals surface area contributed by atoms with E-state index in [4.69, 9.17) is 17.0 Å². The number of nitrogens with one attached hydrogen (secondary N) is 2. The lowest BCUT2D eigenvalue weighted by atomic mass is 9.91. The highest BCUT2D eigenvalue weighted by atomic mass is 32.1. The molecule has 0 saturated carbocycles. The van der Waals surface area contributed by atoms with E-state index < -0.39 is 10.5 Å². The van der Waals surface area contributed by atoms with Crippen LogP contribution in [-0.4, -0.2) is 40.0 Å². The Bertz CT molecular complexity index is 878. The largest absolute Gasteiger partial charge is 0.481 e. The van der Waals surface area contributed by atoms with Crippen LogP contribution in [0, 0.1) is 17.0 Å². The molecule has 0 aliphatic carbocycles. The molecule has 0 bridgehead atoms. The number of carbonyl (C=O) groups is 1. The molecule has 1 amide bonds. The van der Waals surface area contributed by atoms with Gasteiger partial charge in [-0.2, -0.15) is 0 Å². The van der Waals surface area contributed by atoms with Crippen molar-refractivity contribution in [2.24, 2.45) is 0 Å². The number of ether oxygens (including phenoxy) is 1. The molecule has 9 heteroatoms. The van der Waals surface area contributed by atoms with Gasteiger partial charge in [-0.1, -0.05) is 0 Å². The minimum atomic E-state index is -0.811. The van der Waals surface area contributed by atoms with Crippen LogP contribution in [0.15, 0.2) is 17.8 Å². The zero-order chi connectivity index (χ0) is 19.9. The van der Waals surface area contributed by atoms with Crippen LogP contribution >= 0.6 is 12.2 Å². The fraction of sp³-hybridized carbons (Fsp3) is 0.444. The molecule has 0 aromatic heterocycles. The van der Waals surface area contributed by atoms with Crippen molar-refractivity contribution in [2.45, 2.75) is 39.2 Å². The van der Waals surface area contributed by atoms with Crippen molar-refractivity contribution in [2.75, 3.05) is 13.6 Å². The highest BCUT2D eigenvalue weighted by Crippen LogP contribution is 2.46. The summed E-state index contributed by atoms with van der Waals surface area (Å²) in [6.45, 7) is 5.96. The number of rotatable bonds is 3. The standard InChI is InChI=1S/C18H22N4O4S/c1-10-11(22(24)25)7-8-12-14(10)15(21-9-5-6-13(21)23)16(18(2,3)26-12)20-17(27)19-4/h7-8H,5-6,9H2,1-4H3,(H2,19,20,27). The number of hydrogen-bond donors (Lipinski definition) is 2. The van der Waals surface area contributed by atoms with E-state index in [1.54, 1.807) is 24.9 Å². The van der Waals surface area contributed by atoms with Crippen LogP contribution in [-0.2, 0) is 4.79 Å². The molecule has 144 valence electrons. The third-order valence-corrected chi connectivity index (χ3v) is 5.15. The summed E-state index contributed by atoms with van der Waals surface area (Å²) >= 11 is 5.27. The molecule has 2 heterocycles. The second kappa shape index (κ2) is 6.80. The number of carbonyl (C=O) groups excluding carboxylic acids is 1. The lowest BCUT2D eigenvalue weighted by Gasteiger charge is -2.40. The summed E-state index contributed by atoms with van der Waals surface area (Å²) in [6.07, 6.45) is 1.18. The maximum atomic E-state index is 12.6. The van der Waals surface area contributed by atoms with E-state index >= 15 is 0 Å². The molecule has 2 N–H and O–H groups in total. The molecule has 1 saturated heterocycles. The van der Waals surface area contributed by atoms with E-state index in [0.29, 0.717) is 46.3 Å². The SMILES string of the molecule is CNC(=S)NC1=C(N2CCCC2=O)c2c(ccc([N+](=O)[O-])c2C)OC1(C)C. The molecular weight excluding hydrogens is 368 g/mol. The molecule has 27 heavy (non-hydrogen) atoms. The highest BCUT2D eigenvalue weighted by molar-refractivity contribution is 7.80. The Labute approximate surface area is 162 Å². The van der Waals surface area contributed by atoms with E-state index in [2.05, 4.69) is 10.6 Å². The van der Waals surface area contributed by atoms with Gasteiger partial charge in [0.05, 0.1) is 21.9 Å². The average molecular weight is 390 g/mol. The monoisotopic (exact) mass is 390 g/mol. The number of fused-ring (bicyclic) bond motifs is 1. The molecule has 1 fully saturated rings. The Balaban J connectivity index is 2.32. The van der Waals surface area contributed by atoms with Gasteiger partial charge in [0.25, 0.3) is 5.69 Å². The summed E-state index contributed by atoms with van der Waals surface area (Å²) in [7, 11) is 1.69. The summed E-state index contributed by atoms with van der Waals surface area (Å²) < 4.78 is 6.15. The minimum absolute atomic E-state index is 0.0169. The van der Waals surface area contributed by atoms with E-state index in [9.17, 15) is 14.9 Å². The van der Waals surface area contributed by atoms with Gasteiger partial charge in [0.2, 0.25) is 5.91 Å². The third-order valence-electron chi connectivity index (χ3n) is 4.84. The molecule has 8 nitrogen and oxygen atoms in total.